The van der Waals surface area contributed by atoms with Gasteiger partial charge in [-0.3, -0.25) is 19.2 Å². The van der Waals surface area contributed by atoms with E-state index in [0.717, 1.165) is 88.1 Å². The first-order valence-electron chi connectivity index (χ1n) is 26.1. The number of carbonyl (C=O) groups is 5. The number of hydrogen-bond donors (Lipinski definition) is 2. The van der Waals surface area contributed by atoms with E-state index in [2.05, 4.69) is 30.8 Å². The Hall–Kier alpha value is -8.28. The third kappa shape index (κ3) is 12.9. The van der Waals surface area contributed by atoms with Crippen molar-refractivity contribution in [2.75, 3.05) is 14.1 Å². The van der Waals surface area contributed by atoms with Gasteiger partial charge in [0.2, 0.25) is 5.91 Å². The van der Waals surface area contributed by atoms with E-state index >= 15 is 0 Å². The molecular weight excluding hydrogens is 1090 g/mol. The van der Waals surface area contributed by atoms with Crippen LogP contribution in [0.25, 0.3) is 44.3 Å². The molecule has 432 valence electrons. The molecule has 4 aromatic carbocycles. The van der Waals surface area contributed by atoms with Gasteiger partial charge < -0.3 is 34.1 Å². The van der Waals surface area contributed by atoms with Crippen LogP contribution in [0.5, 0.6) is 0 Å². The van der Waals surface area contributed by atoms with Crippen molar-refractivity contribution in [3.05, 3.63) is 136 Å². The summed E-state index contributed by atoms with van der Waals surface area (Å²) in [5.41, 5.74) is 13.2. The van der Waals surface area contributed by atoms with Crippen LogP contribution in [0.4, 0.5) is 4.79 Å². The molecule has 23 heteroatoms. The van der Waals surface area contributed by atoms with Crippen LogP contribution in [0.2, 0.25) is 0 Å². The summed E-state index contributed by atoms with van der Waals surface area (Å²) in [7, 11) is -0.605. The van der Waals surface area contributed by atoms with Gasteiger partial charge >= 0.3 is 29.6 Å². The van der Waals surface area contributed by atoms with E-state index in [1.165, 1.54) is 11.6 Å². The number of hydrogen-bond acceptors (Lipinski definition) is 18. The molecule has 0 bridgehead atoms. The summed E-state index contributed by atoms with van der Waals surface area (Å²) in [6.45, 7) is 12.9. The second kappa shape index (κ2) is 25.2. The number of imidazole rings is 2. The summed E-state index contributed by atoms with van der Waals surface area (Å²) in [6.07, 6.45) is 4.49. The predicted molar refractivity (Wildman–Crippen MR) is 305 cm³/mol. The number of aryl methyl sites for hydroxylation is 4. The van der Waals surface area contributed by atoms with E-state index in [-0.39, 0.29) is 37.0 Å². The molecule has 3 atom stereocenters. The molecule has 4 aliphatic rings. The molecule has 0 spiro atoms. The number of nitrogens with two attached hydrogens (primary N) is 1. The molecule has 8 aromatic rings. The summed E-state index contributed by atoms with van der Waals surface area (Å²) in [5.74, 6) is 2.04. The monoisotopic (exact) mass is 1160 g/mol. The third-order valence-electron chi connectivity index (χ3n) is 14.1. The predicted octanol–water partition coefficient (Wildman–Crippen LogP) is 10.0. The smallest absolute Gasteiger partial charge is 0.420 e. The third-order valence-corrected chi connectivity index (χ3v) is 16.3. The van der Waals surface area contributed by atoms with E-state index in [9.17, 15) is 32.4 Å². The molecule has 2 saturated heterocycles. The molecule has 2 aliphatic heterocycles. The number of fused-ring (bicyclic) bond motifs is 2. The van der Waals surface area contributed by atoms with Gasteiger partial charge in [0.15, 0.2) is 16.1 Å². The minimum atomic E-state index is -3.78. The topological polar surface area (TPSA) is 300 Å². The first-order valence-corrected chi connectivity index (χ1v) is 28.3. The fraction of sp³-hybridized carbons (Fsp3) is 0.373. The van der Waals surface area contributed by atoms with Crippen LogP contribution in [-0.2, 0) is 45.3 Å². The van der Waals surface area contributed by atoms with Crippen molar-refractivity contribution in [2.45, 2.75) is 134 Å². The molecule has 6 heterocycles. The zero-order valence-electron chi connectivity index (χ0n) is 46.2. The Balaban J connectivity index is 0.000000183. The first-order chi connectivity index (χ1) is 38.6. The van der Waals surface area contributed by atoms with E-state index < -0.39 is 62.3 Å². The number of nitrogens with zero attached hydrogens (tertiary/aromatic N) is 6. The molecule has 1 amide bonds. The molecule has 4 fully saturated rings. The van der Waals surface area contributed by atoms with Crippen LogP contribution in [0.1, 0.15) is 147 Å². The average Bonchev–Trinajstić information content (AvgIpc) is 4.31. The SMILES string of the molecule is C.CN.Cc1noc(C)c1-c1cc(C2C(S(=O)(=O)c3ccccc3)CC(=O)N2C)c2nc(C3CC3)[nH]c2c1.Cc1noc(C)c1-c1cc(C=O)c2nc(C3CC3)n(C(=O)OC(C)(C)C)c2c1.O=C1CC(c2ccccc2)C(=O)O1.O=S=O. The molecule has 3 unspecified atom stereocenters. The number of amides is 1. The van der Waals surface area contributed by atoms with Gasteiger partial charge in [0.05, 0.1) is 62.0 Å². The van der Waals surface area contributed by atoms with Gasteiger partial charge in [0.1, 0.15) is 28.8 Å². The Bertz CT molecular complexity index is 3790. The summed E-state index contributed by atoms with van der Waals surface area (Å²) >= 11 is -0.750. The van der Waals surface area contributed by atoms with Crippen molar-refractivity contribution >= 4 is 73.7 Å². The molecule has 21 nitrogen and oxygen atoms in total. The second-order valence-electron chi connectivity index (χ2n) is 20.9. The molecule has 2 saturated carbocycles. The van der Waals surface area contributed by atoms with Crippen molar-refractivity contribution < 1.29 is 59.3 Å². The molecule has 12 rings (SSSR count). The summed E-state index contributed by atoms with van der Waals surface area (Å²) < 4.78 is 66.4. The number of aromatic nitrogens is 6. The van der Waals surface area contributed by atoms with E-state index in [1.54, 1.807) is 48.3 Å². The van der Waals surface area contributed by atoms with Crippen molar-refractivity contribution in [1.82, 2.24) is 34.7 Å². The van der Waals surface area contributed by atoms with Crippen LogP contribution in [0.3, 0.4) is 0 Å². The van der Waals surface area contributed by atoms with Crippen LogP contribution < -0.4 is 5.73 Å². The molecule has 82 heavy (non-hydrogen) atoms. The van der Waals surface area contributed by atoms with Crippen LogP contribution in [0.15, 0.2) is 98.9 Å². The van der Waals surface area contributed by atoms with Crippen molar-refractivity contribution in [2.24, 2.45) is 5.73 Å². The van der Waals surface area contributed by atoms with E-state index in [4.69, 9.17) is 27.2 Å². The van der Waals surface area contributed by atoms with Crippen molar-refractivity contribution in [3.63, 3.8) is 0 Å². The number of rotatable bonds is 9. The maximum Gasteiger partial charge on any atom is 0.420 e. The number of sulfone groups is 1. The standard InChI is InChI=1S/C26H26N4O4S.C21H23N3O4.C10H8O3.CH5N.CH4.O2S/c1-14-23(15(2)34-29-14)17-11-19(24-20(12-17)27-26(28-24)16-9-10-16)25-21(13-22(31)30(25)3)35(32,33)18-7-5-4-6-8-18;1-11-17(12(2)28-23-11)14-8-15(10-25)18-16(9-14)24(19(22-18)13-6-7-13)20(26)27-21(3,4)5;11-9-6-8(10(12)13-9)7-4-2-1-3-5-7;1-2;;1-3-2/h4-8,11-12,16,21,25H,9-10,13H2,1-3H3,(H,27,28);8-10,13H,6-7H2,1-5H3;1-5,8H,6H2;2H2,1H3;1H4;. The van der Waals surface area contributed by atoms with Gasteiger partial charge in [-0.2, -0.15) is 8.42 Å². The lowest BCUT2D eigenvalue weighted by Gasteiger charge is -2.26. The van der Waals surface area contributed by atoms with Gasteiger partial charge in [0.25, 0.3) is 0 Å². The minimum absolute atomic E-state index is 0. The second-order valence-corrected chi connectivity index (χ2v) is 23.2. The lowest BCUT2D eigenvalue weighted by Crippen LogP contribution is -2.30. The van der Waals surface area contributed by atoms with Crippen LogP contribution in [-0.4, -0.2) is 107 Å². The Morgan fingerprint density at radius 1 is 0.793 bits per heavy atom. The fourth-order valence-corrected chi connectivity index (χ4v) is 12.1. The number of aldehydes is 1. The number of likely N-dealkylation sites (tertiary alicyclic amines) is 1. The number of carbonyl (C=O) groups excluding carboxylic acids is 5. The van der Waals surface area contributed by atoms with Crippen molar-refractivity contribution in [1.29, 1.82) is 0 Å². The number of esters is 2. The highest BCUT2D eigenvalue weighted by atomic mass is 32.2. The summed E-state index contributed by atoms with van der Waals surface area (Å²) in [5, 5.41) is 7.18. The average molecular weight is 1160 g/mol. The summed E-state index contributed by atoms with van der Waals surface area (Å²) in [4.78, 5) is 74.5. The quantitative estimate of drug-likeness (QED) is 0.0771. The van der Waals surface area contributed by atoms with Gasteiger partial charge in [-0.1, -0.05) is 66.3 Å². The number of nitrogens with one attached hydrogen (secondary N) is 1. The highest BCUT2D eigenvalue weighted by Crippen LogP contribution is 2.46. The highest BCUT2D eigenvalue weighted by Gasteiger charge is 2.48. The Morgan fingerprint density at radius 3 is 1.85 bits per heavy atom. The molecule has 4 aromatic heterocycles. The Kier molecular flexibility index (Phi) is 18.9. The number of cyclic esters (lactones) is 2. The molecule has 2 aliphatic carbocycles. The van der Waals surface area contributed by atoms with Crippen LogP contribution >= 0.6 is 0 Å². The van der Waals surface area contributed by atoms with Gasteiger partial charge in [-0.25, -0.2) is 27.7 Å². The zero-order chi connectivity index (χ0) is 58.7. The zero-order valence-corrected chi connectivity index (χ0v) is 47.8. The van der Waals surface area contributed by atoms with E-state index in [0.29, 0.717) is 45.4 Å². The first kappa shape index (κ1) is 61.3. The van der Waals surface area contributed by atoms with Gasteiger partial charge in [0, 0.05) is 47.6 Å². The lowest BCUT2D eigenvalue weighted by molar-refractivity contribution is -0.152. The number of aromatic amines is 1. The normalized spacial score (nSPS) is 17.5. The largest absolute Gasteiger partial charge is 0.443 e. The Morgan fingerprint density at radius 2 is 1.35 bits per heavy atom. The number of benzene rings is 4. The van der Waals surface area contributed by atoms with Gasteiger partial charge in [-0.05, 0) is 134 Å². The van der Waals surface area contributed by atoms with E-state index in [1.807, 2.05) is 97.0 Å². The highest BCUT2D eigenvalue weighted by molar-refractivity contribution is 7.92. The number of ether oxygens (including phenoxy) is 2. The fourth-order valence-electron chi connectivity index (χ4n) is 10.2. The summed E-state index contributed by atoms with van der Waals surface area (Å²) in [6, 6.07) is 24.5. The molecule has 3 N–H and O–H groups in total. The maximum atomic E-state index is 13.8. The lowest BCUT2D eigenvalue weighted by atomic mass is 9.95. The molecular formula is C59H66N8O13S2. The maximum absolute atomic E-state index is 13.8. The minimum Gasteiger partial charge on any atom is -0.443 e. The van der Waals surface area contributed by atoms with Gasteiger partial charge in [-0.15, -0.1) is 0 Å². The number of H-pyrrole nitrogens is 1. The Labute approximate surface area is 477 Å². The van der Waals surface area contributed by atoms with Crippen LogP contribution in [0, 0.1) is 27.7 Å². The van der Waals surface area contributed by atoms with Crippen molar-refractivity contribution in [3.8, 4) is 22.3 Å². The molecule has 0 radical (unpaired) electrons.